The van der Waals surface area contributed by atoms with Crippen molar-refractivity contribution in [3.8, 4) is 28.8 Å². The number of aromatic nitrogens is 2. The lowest BCUT2D eigenvalue weighted by Gasteiger charge is -2.34. The van der Waals surface area contributed by atoms with Crippen molar-refractivity contribution in [3.05, 3.63) is 54.7 Å². The molecule has 17 heteroatoms. The van der Waals surface area contributed by atoms with Crippen LogP contribution in [0.3, 0.4) is 0 Å². The SMILES string of the molecule is COc1ccc2c(O[C@@H]3C[C@H]4C(=O)C[C@]5(C(=O)NS(=O)(=O)C6CC6)C[C@H]5/C=C\CC[C@H](C)C[C@@H](C)[C@H](CC(=O)OC(C)(C)C(C)(F)F)C(=O)N4C3)nc(-c3ccc(OC(C)C)cn3)cc2c1. The Morgan fingerprint density at radius 2 is 1.73 bits per heavy atom. The first-order valence-electron chi connectivity index (χ1n) is 22.9. The summed E-state index contributed by atoms with van der Waals surface area (Å²) >= 11 is 0. The smallest absolute Gasteiger partial charge is 0.307 e. The molecule has 358 valence electrons. The minimum Gasteiger partial charge on any atom is -0.497 e. The number of amides is 2. The number of methoxy groups -OCH3 is 1. The molecule has 0 radical (unpaired) electrons. The number of halogens is 2. The Labute approximate surface area is 385 Å². The van der Waals surface area contributed by atoms with E-state index in [0.29, 0.717) is 72.7 Å². The van der Waals surface area contributed by atoms with Crippen LogP contribution >= 0.6 is 0 Å². The van der Waals surface area contributed by atoms with Gasteiger partial charge in [-0.1, -0.05) is 26.0 Å². The number of hydrogen-bond donors (Lipinski definition) is 1. The van der Waals surface area contributed by atoms with E-state index < -0.39 is 92.1 Å². The Morgan fingerprint density at radius 1 is 1.00 bits per heavy atom. The second-order valence-corrected chi connectivity index (χ2v) is 21.7. The highest BCUT2D eigenvalue weighted by atomic mass is 32.2. The van der Waals surface area contributed by atoms with Gasteiger partial charge in [-0.3, -0.25) is 28.9 Å². The second-order valence-electron chi connectivity index (χ2n) is 19.7. The van der Waals surface area contributed by atoms with Gasteiger partial charge in [0.1, 0.15) is 17.6 Å². The topological polar surface area (TPSA) is 180 Å². The van der Waals surface area contributed by atoms with Gasteiger partial charge in [0.2, 0.25) is 27.7 Å². The standard InChI is InChI=1S/C49H62F2N4O10S/c1-28(2)63-34-14-18-39(52-26-34)40-21-31-20-33(62-8)13-17-37(31)44(53-40)64-35-22-41-42(56)25-49(46(59)54-66(60,61)36-15-16-36)24-32(49)12-10-9-11-29(3)19-30(4)38(45(58)55(41)27-35)23-43(57)65-47(5,6)48(7,50)51/h10,12-14,17-18,20-21,26,28-30,32,35-36,38,41H,9,11,15-16,19,22-25,27H2,1-8H3,(H,54,59)/b12-10-/t29-,30+,32+,35+,38-,41-,49+/m0/s1. The van der Waals surface area contributed by atoms with E-state index in [0.717, 1.165) is 13.8 Å². The Balaban J connectivity index is 1.26. The number of fused-ring (bicyclic) bond motifs is 3. The van der Waals surface area contributed by atoms with E-state index >= 15 is 4.79 Å². The number of benzene rings is 1. The second kappa shape index (κ2) is 18.8. The van der Waals surface area contributed by atoms with E-state index in [9.17, 15) is 31.6 Å². The monoisotopic (exact) mass is 936 g/mol. The van der Waals surface area contributed by atoms with Crippen LogP contribution in [-0.2, 0) is 33.9 Å². The molecule has 4 aliphatic rings. The fourth-order valence-corrected chi connectivity index (χ4v) is 10.6. The quantitative estimate of drug-likeness (QED) is 0.129. The average Bonchev–Trinajstić information content (AvgIpc) is 4.17. The van der Waals surface area contributed by atoms with Crippen molar-refractivity contribution in [1.82, 2.24) is 19.6 Å². The number of ether oxygens (including phenoxy) is 4. The molecule has 7 rings (SSSR count). The maximum absolute atomic E-state index is 15.2. The van der Waals surface area contributed by atoms with E-state index in [-0.39, 0.29) is 43.7 Å². The number of rotatable bonds is 13. The molecule has 1 N–H and O–H groups in total. The van der Waals surface area contributed by atoms with Crippen LogP contribution in [0.1, 0.15) is 106 Å². The van der Waals surface area contributed by atoms with Crippen LogP contribution in [-0.4, -0.2) is 95.5 Å². The van der Waals surface area contributed by atoms with Crippen LogP contribution in [0.15, 0.2) is 54.7 Å². The van der Waals surface area contributed by atoms with Gasteiger partial charge in [-0.25, -0.2) is 22.2 Å². The summed E-state index contributed by atoms with van der Waals surface area (Å²) in [4.78, 5) is 68.6. The number of alkyl halides is 2. The molecule has 2 saturated carbocycles. The molecule has 0 unspecified atom stereocenters. The highest BCUT2D eigenvalue weighted by molar-refractivity contribution is 7.90. The maximum Gasteiger partial charge on any atom is 0.307 e. The van der Waals surface area contributed by atoms with Crippen molar-refractivity contribution in [1.29, 1.82) is 0 Å². The van der Waals surface area contributed by atoms with Gasteiger partial charge in [-0.2, -0.15) is 0 Å². The molecule has 2 amide bonds. The molecule has 1 saturated heterocycles. The maximum atomic E-state index is 15.2. The van der Waals surface area contributed by atoms with Gasteiger partial charge < -0.3 is 23.8 Å². The molecule has 14 nitrogen and oxygen atoms in total. The minimum absolute atomic E-state index is 0.0246. The zero-order valence-electron chi connectivity index (χ0n) is 39.0. The molecule has 0 bridgehead atoms. The molecule has 4 heterocycles. The molecular formula is C49H62F2N4O10S. The first-order chi connectivity index (χ1) is 31.0. The van der Waals surface area contributed by atoms with Gasteiger partial charge in [0.05, 0.1) is 66.4 Å². The van der Waals surface area contributed by atoms with Crippen LogP contribution in [0.2, 0.25) is 0 Å². The van der Waals surface area contributed by atoms with Crippen molar-refractivity contribution >= 4 is 44.4 Å². The van der Waals surface area contributed by atoms with E-state index in [2.05, 4.69) is 9.71 Å². The average molecular weight is 937 g/mol. The number of pyridine rings is 2. The van der Waals surface area contributed by atoms with Crippen molar-refractivity contribution < 1.29 is 55.3 Å². The summed E-state index contributed by atoms with van der Waals surface area (Å²) in [6.07, 6.45) is 6.58. The first kappa shape index (κ1) is 48.7. The third-order valence-electron chi connectivity index (χ3n) is 13.6. The van der Waals surface area contributed by atoms with Gasteiger partial charge in [0.15, 0.2) is 11.4 Å². The van der Waals surface area contributed by atoms with E-state index in [4.69, 9.17) is 23.9 Å². The Kier molecular flexibility index (Phi) is 13.9. The molecular weight excluding hydrogens is 875 g/mol. The summed E-state index contributed by atoms with van der Waals surface area (Å²) in [5, 5.41) is 0.659. The van der Waals surface area contributed by atoms with Crippen LogP contribution in [0.5, 0.6) is 17.4 Å². The normalized spacial score (nSPS) is 27.0. The number of allylic oxidation sites excluding steroid dienone is 2. The van der Waals surface area contributed by atoms with E-state index in [1.165, 1.54) is 4.90 Å². The van der Waals surface area contributed by atoms with E-state index in [1.54, 1.807) is 37.6 Å². The van der Waals surface area contributed by atoms with Gasteiger partial charge in [0.25, 0.3) is 5.92 Å². The number of nitrogens with one attached hydrogen (secondary N) is 1. The first-order valence-corrected chi connectivity index (χ1v) is 24.5. The summed E-state index contributed by atoms with van der Waals surface area (Å²) in [6.45, 7) is 10.4. The molecule has 7 atom stereocenters. The van der Waals surface area contributed by atoms with Gasteiger partial charge in [0, 0.05) is 25.2 Å². The zero-order valence-corrected chi connectivity index (χ0v) is 39.8. The number of esters is 1. The molecule has 1 aromatic carbocycles. The minimum atomic E-state index is -3.94. The molecule has 2 aliphatic heterocycles. The number of carbonyl (C=O) groups is 4. The number of hydrogen-bond acceptors (Lipinski definition) is 12. The highest BCUT2D eigenvalue weighted by Crippen LogP contribution is 2.57. The van der Waals surface area contributed by atoms with Gasteiger partial charge in [-0.15, -0.1) is 0 Å². The fourth-order valence-electron chi connectivity index (χ4n) is 9.17. The lowest BCUT2D eigenvalue weighted by atomic mass is 9.82. The van der Waals surface area contributed by atoms with Crippen LogP contribution in [0, 0.1) is 29.1 Å². The Morgan fingerprint density at radius 3 is 2.38 bits per heavy atom. The van der Waals surface area contributed by atoms with Crippen LogP contribution in [0.25, 0.3) is 22.2 Å². The molecule has 2 aromatic heterocycles. The van der Waals surface area contributed by atoms with Crippen LogP contribution < -0.4 is 18.9 Å². The number of nitrogens with zero attached hydrogens (tertiary/aromatic N) is 3. The summed E-state index contributed by atoms with van der Waals surface area (Å²) in [5.41, 5.74) is -2.55. The molecule has 3 aromatic rings. The van der Waals surface area contributed by atoms with Gasteiger partial charge in [-0.05, 0) is 126 Å². The lowest BCUT2D eigenvalue weighted by Crippen LogP contribution is -2.48. The van der Waals surface area contributed by atoms with Crippen LogP contribution in [0.4, 0.5) is 8.78 Å². The molecule has 3 fully saturated rings. The van der Waals surface area contributed by atoms with Crippen molar-refractivity contribution in [2.75, 3.05) is 13.7 Å². The highest BCUT2D eigenvalue weighted by Gasteiger charge is 2.62. The lowest BCUT2D eigenvalue weighted by molar-refractivity contribution is -0.197. The largest absolute Gasteiger partial charge is 0.497 e. The summed E-state index contributed by atoms with van der Waals surface area (Å²) < 4.78 is 80.9. The Hall–Kier alpha value is -5.19. The third kappa shape index (κ3) is 10.8. The summed E-state index contributed by atoms with van der Waals surface area (Å²) in [6, 6.07) is 9.63. The van der Waals surface area contributed by atoms with E-state index in [1.807, 2.05) is 52.0 Å². The third-order valence-corrected chi connectivity index (χ3v) is 15.4. The van der Waals surface area contributed by atoms with Crippen molar-refractivity contribution in [2.24, 2.45) is 29.1 Å². The summed E-state index contributed by atoms with van der Waals surface area (Å²) in [7, 11) is -2.39. The predicted octanol–water partition coefficient (Wildman–Crippen LogP) is 8.01. The number of ketones is 1. The fraction of sp³-hybridized carbons (Fsp3) is 0.592. The molecule has 0 spiro atoms. The summed E-state index contributed by atoms with van der Waals surface area (Å²) in [5.74, 6) is -6.67. The van der Waals surface area contributed by atoms with Gasteiger partial charge >= 0.3 is 5.97 Å². The zero-order chi connectivity index (χ0) is 47.9. The Bertz CT molecular complexity index is 2470. The number of carbonyl (C=O) groups excluding carboxylic acids is 4. The molecule has 66 heavy (non-hydrogen) atoms. The number of Topliss-reactive ketones (excluding diaryl/α,β-unsaturated/α-hetero) is 1. The molecule has 2 aliphatic carbocycles. The predicted molar refractivity (Wildman–Crippen MR) is 242 cm³/mol. The van der Waals surface area contributed by atoms with Crippen molar-refractivity contribution in [2.45, 2.75) is 141 Å². The van der Waals surface area contributed by atoms with Crippen molar-refractivity contribution in [3.63, 3.8) is 0 Å². The number of sulfonamides is 1.